The van der Waals surface area contributed by atoms with E-state index < -0.39 is 49.6 Å². The van der Waals surface area contributed by atoms with E-state index in [2.05, 4.69) is 74.9 Å². The highest BCUT2D eigenvalue weighted by Gasteiger charge is 2.43. The number of carboxylic acids is 2. The summed E-state index contributed by atoms with van der Waals surface area (Å²) in [5.74, 6) is -2.70. The quantitative estimate of drug-likeness (QED) is 0.0522. The van der Waals surface area contributed by atoms with Crippen LogP contribution in [0.15, 0.2) is 140 Å². The van der Waals surface area contributed by atoms with Crippen molar-refractivity contribution in [1.82, 2.24) is 5.32 Å². The SMILES string of the molecule is CC[N+](CC)=C1C=CC2C(=C1)OC(C(C)(C)C)=CC2/C=C/C=C1\C(CC(=O)NCc2c(O)ccc3c(-c4c(C(=O)O)cccc4C(=O)O)c4ccc(=O)cc-4oc23)c2ccc(S(=O)(=O)[O-])cc2C1(C)C. The number of allylic oxidation sites excluding steroid dienone is 9. The minimum atomic E-state index is -4.82. The van der Waals surface area contributed by atoms with Crippen LogP contribution in [0.25, 0.3) is 33.4 Å². The van der Waals surface area contributed by atoms with Gasteiger partial charge in [-0.2, -0.15) is 0 Å². The first-order chi connectivity index (χ1) is 33.0. The van der Waals surface area contributed by atoms with Gasteiger partial charge >= 0.3 is 11.9 Å². The first-order valence-electron chi connectivity index (χ1n) is 23.0. The fraction of sp³-hybridized carbons (Fsp3) is 0.291. The van der Waals surface area contributed by atoms with Crippen molar-refractivity contribution >= 4 is 44.6 Å². The fourth-order valence-electron chi connectivity index (χ4n) is 9.97. The van der Waals surface area contributed by atoms with Gasteiger partial charge in [-0.25, -0.2) is 22.6 Å². The molecule has 0 radical (unpaired) electrons. The van der Waals surface area contributed by atoms with E-state index in [1.165, 1.54) is 60.7 Å². The normalized spacial score (nSPS) is 19.2. The number of aromatic hydroxyl groups is 1. The fourth-order valence-corrected chi connectivity index (χ4v) is 10.5. The summed E-state index contributed by atoms with van der Waals surface area (Å²) in [7, 11) is -4.82. The van der Waals surface area contributed by atoms with Crippen LogP contribution in [0.3, 0.4) is 0 Å². The van der Waals surface area contributed by atoms with Crippen molar-refractivity contribution in [3.05, 3.63) is 164 Å². The molecule has 362 valence electrons. The zero-order chi connectivity index (χ0) is 50.6. The minimum Gasteiger partial charge on any atom is -0.744 e. The molecule has 1 amide bonds. The number of carbonyl (C=O) groups excluding carboxylic acids is 1. The number of aromatic carboxylic acids is 2. The van der Waals surface area contributed by atoms with E-state index in [9.17, 15) is 47.5 Å². The molecule has 15 heteroatoms. The molecule has 2 heterocycles. The number of rotatable bonds is 12. The van der Waals surface area contributed by atoms with Gasteiger partial charge in [0.1, 0.15) is 51.8 Å². The van der Waals surface area contributed by atoms with Crippen molar-refractivity contribution in [3.63, 3.8) is 0 Å². The molecular weight excluding hydrogens is 913 g/mol. The van der Waals surface area contributed by atoms with Crippen molar-refractivity contribution < 1.29 is 56.4 Å². The second-order valence-corrected chi connectivity index (χ2v) is 20.7. The molecule has 0 saturated carbocycles. The highest BCUT2D eigenvalue weighted by atomic mass is 32.2. The summed E-state index contributed by atoms with van der Waals surface area (Å²) in [5, 5.41) is 34.9. The van der Waals surface area contributed by atoms with Gasteiger partial charge in [0.05, 0.1) is 28.1 Å². The van der Waals surface area contributed by atoms with Crippen molar-refractivity contribution in [2.75, 3.05) is 13.1 Å². The van der Waals surface area contributed by atoms with E-state index >= 15 is 0 Å². The Balaban J connectivity index is 1.17. The zero-order valence-corrected chi connectivity index (χ0v) is 40.6. The predicted octanol–water partition coefficient (Wildman–Crippen LogP) is 9.27. The molecule has 0 aromatic heterocycles. The number of hydrogen-bond donors (Lipinski definition) is 4. The van der Waals surface area contributed by atoms with Crippen LogP contribution in [-0.4, -0.2) is 69.5 Å². The number of nitrogens with zero attached hydrogens (tertiary/aromatic N) is 1. The molecule has 0 fully saturated rings. The average molecular weight is 967 g/mol. The molecule has 70 heavy (non-hydrogen) atoms. The lowest BCUT2D eigenvalue weighted by Crippen LogP contribution is -2.29. The molecule has 0 bridgehead atoms. The number of amides is 1. The van der Waals surface area contributed by atoms with Crippen molar-refractivity contribution in [2.45, 2.75) is 77.7 Å². The number of carbonyl (C=O) groups is 3. The topological polar surface area (TPSA) is 224 Å². The van der Waals surface area contributed by atoms with E-state index in [0.717, 1.165) is 35.9 Å². The molecule has 5 aliphatic rings. The Hall–Kier alpha value is -7.36. The van der Waals surface area contributed by atoms with E-state index in [-0.39, 0.29) is 86.1 Å². The van der Waals surface area contributed by atoms with Gasteiger partial charge in [0.25, 0.3) is 0 Å². The summed E-state index contributed by atoms with van der Waals surface area (Å²) in [4.78, 5) is 51.8. The Bertz CT molecular complexity index is 3320. The van der Waals surface area contributed by atoms with E-state index in [0.29, 0.717) is 11.1 Å². The Kier molecular flexibility index (Phi) is 13.0. The third-order valence-corrected chi connectivity index (χ3v) is 14.4. The second-order valence-electron chi connectivity index (χ2n) is 19.3. The van der Waals surface area contributed by atoms with Gasteiger partial charge in [-0.1, -0.05) is 76.6 Å². The van der Waals surface area contributed by atoms with Gasteiger partial charge in [0, 0.05) is 75.3 Å². The number of carboxylic acid groups (broad SMARTS) is 2. The van der Waals surface area contributed by atoms with Crippen LogP contribution in [0.1, 0.15) is 98.2 Å². The number of ether oxygens (including phenoxy) is 1. The van der Waals surface area contributed by atoms with Crippen LogP contribution in [0.4, 0.5) is 0 Å². The molecule has 14 nitrogen and oxygen atoms in total. The smallest absolute Gasteiger partial charge is 0.336 e. The Morgan fingerprint density at radius 3 is 2.29 bits per heavy atom. The third-order valence-electron chi connectivity index (χ3n) is 13.6. The molecular formula is C55H54N2O12S. The molecule has 3 aromatic rings. The zero-order valence-electron chi connectivity index (χ0n) is 39.8. The minimum absolute atomic E-state index is 0.0165. The number of phenols is 1. The highest BCUT2D eigenvalue weighted by molar-refractivity contribution is 7.85. The van der Waals surface area contributed by atoms with Crippen LogP contribution in [0.2, 0.25) is 0 Å². The van der Waals surface area contributed by atoms with Gasteiger partial charge < -0.3 is 34.3 Å². The van der Waals surface area contributed by atoms with Crippen molar-refractivity contribution in [2.24, 2.45) is 17.3 Å². The Labute approximate surface area is 405 Å². The van der Waals surface area contributed by atoms with E-state index in [1.54, 1.807) is 6.07 Å². The van der Waals surface area contributed by atoms with Crippen LogP contribution in [-0.2, 0) is 31.6 Å². The lowest BCUT2D eigenvalue weighted by Gasteiger charge is -2.35. The summed E-state index contributed by atoms with van der Waals surface area (Å²) < 4.78 is 51.9. The number of benzene rings is 4. The summed E-state index contributed by atoms with van der Waals surface area (Å²) in [5.41, 5.74) is 1.13. The first kappa shape index (κ1) is 49.1. The van der Waals surface area contributed by atoms with Crippen LogP contribution in [0.5, 0.6) is 5.75 Å². The van der Waals surface area contributed by atoms with Crippen LogP contribution in [0, 0.1) is 17.3 Å². The predicted molar refractivity (Wildman–Crippen MR) is 263 cm³/mol. The lowest BCUT2D eigenvalue weighted by atomic mass is 9.79. The summed E-state index contributed by atoms with van der Waals surface area (Å²) in [6.07, 6.45) is 14.3. The molecule has 8 rings (SSSR count). The maximum atomic E-state index is 14.3. The molecule has 4 N–H and O–H groups in total. The maximum Gasteiger partial charge on any atom is 0.336 e. The van der Waals surface area contributed by atoms with Gasteiger partial charge in [0.15, 0.2) is 5.43 Å². The average Bonchev–Trinajstić information content (AvgIpc) is 3.50. The monoisotopic (exact) mass is 966 g/mol. The Morgan fingerprint density at radius 2 is 1.64 bits per heavy atom. The van der Waals surface area contributed by atoms with Gasteiger partial charge in [-0.05, 0) is 79.6 Å². The maximum absolute atomic E-state index is 14.3. The third kappa shape index (κ3) is 9.14. The molecule has 2 aliphatic heterocycles. The standard InChI is InChI=1S/C55H54N2O12S/c1-8-57(9-2)31-16-19-34-30(24-47(54(3,4)5)68-45(34)25-31)12-10-15-42-40(35-21-18-33(70(65,66)67)27-43(35)55(42,6)7)28-48(60)56-29-41-44(59)23-22-37-49(36-20-17-32(58)26-46(36)69-51(37)41)50-38(52(61)62)13-11-14-39(50)53(63)64/h10-27,30,34,40H,8-9,28-29H2,1-7H3,(H4-,56,58,59,60,61,62,63,64,65,66,67)/b12-10+,42-15+. The Morgan fingerprint density at radius 1 is 0.943 bits per heavy atom. The number of fused-ring (bicyclic) bond motifs is 4. The number of phenolic OH excluding ortho intramolecular Hbond substituents is 1. The van der Waals surface area contributed by atoms with Gasteiger partial charge in [-0.3, -0.25) is 9.59 Å². The molecule has 3 aromatic carbocycles. The summed E-state index contributed by atoms with van der Waals surface area (Å²) >= 11 is 0. The lowest BCUT2D eigenvalue weighted by molar-refractivity contribution is -0.519. The first-order valence-corrected chi connectivity index (χ1v) is 24.4. The largest absolute Gasteiger partial charge is 0.744 e. The molecule has 0 saturated heterocycles. The van der Waals surface area contributed by atoms with Crippen LogP contribution >= 0.6 is 0 Å². The van der Waals surface area contributed by atoms with Crippen LogP contribution < -0.4 is 10.7 Å². The van der Waals surface area contributed by atoms with Gasteiger partial charge in [-0.15, -0.1) is 0 Å². The van der Waals surface area contributed by atoms with E-state index in [1.807, 2.05) is 26.0 Å². The number of nitrogens with one attached hydrogen (secondary N) is 1. The molecule has 0 spiro atoms. The summed E-state index contributed by atoms with van der Waals surface area (Å²) in [6.45, 7) is 15.7. The molecule has 3 unspecified atom stereocenters. The molecule has 3 atom stereocenters. The molecule has 3 aliphatic carbocycles. The second kappa shape index (κ2) is 18.5. The van der Waals surface area contributed by atoms with Gasteiger partial charge in [0.2, 0.25) is 11.6 Å². The van der Waals surface area contributed by atoms with Crippen molar-refractivity contribution in [1.29, 1.82) is 0 Å². The number of hydrogen-bond acceptors (Lipinski definition) is 10. The highest BCUT2D eigenvalue weighted by Crippen LogP contribution is 2.52. The van der Waals surface area contributed by atoms with Crippen molar-refractivity contribution in [3.8, 4) is 28.2 Å². The summed E-state index contributed by atoms with van der Waals surface area (Å²) in [6, 6.07) is 14.7. The van der Waals surface area contributed by atoms with E-state index in [4.69, 9.17) is 9.15 Å².